The number of nitrogens with zero attached hydrogens (tertiary/aromatic N) is 2. The number of amides is 2. The minimum atomic E-state index is -3.20. The van der Waals surface area contributed by atoms with Crippen molar-refractivity contribution >= 4 is 22.0 Å². The van der Waals surface area contributed by atoms with Gasteiger partial charge in [0.15, 0.2) is 0 Å². The minimum Gasteiger partial charge on any atom is -0.444 e. The quantitative estimate of drug-likeness (QED) is 0.740. The Hall–Kier alpha value is -1.35. The first-order chi connectivity index (χ1) is 13.4. The summed E-state index contributed by atoms with van der Waals surface area (Å²) >= 11 is 0. The molecule has 2 heterocycles. The highest BCUT2D eigenvalue weighted by atomic mass is 32.2. The van der Waals surface area contributed by atoms with Gasteiger partial charge in [-0.1, -0.05) is 0 Å². The summed E-state index contributed by atoms with van der Waals surface area (Å²) in [5, 5.41) is 0. The van der Waals surface area contributed by atoms with Gasteiger partial charge in [0.05, 0.1) is 6.26 Å². The highest BCUT2D eigenvalue weighted by molar-refractivity contribution is 7.88. The molecule has 1 N–H and O–H groups in total. The number of sulfonamides is 1. The van der Waals surface area contributed by atoms with E-state index in [0.29, 0.717) is 39.0 Å². The van der Waals surface area contributed by atoms with Gasteiger partial charge in [-0.3, -0.25) is 4.79 Å². The average Bonchev–Trinajstić information content (AvgIpc) is 2.57. The van der Waals surface area contributed by atoms with Gasteiger partial charge < -0.3 is 14.5 Å². The molecule has 1 spiro atoms. The van der Waals surface area contributed by atoms with Crippen LogP contribution in [-0.4, -0.2) is 74.3 Å². The second-order valence-corrected chi connectivity index (χ2v) is 11.8. The number of piperidine rings is 2. The molecule has 0 bridgehead atoms. The topological polar surface area (TPSA) is 96.0 Å². The first-order valence-corrected chi connectivity index (χ1v) is 12.5. The molecule has 3 aliphatic rings. The molecule has 1 aliphatic carbocycles. The van der Waals surface area contributed by atoms with E-state index in [9.17, 15) is 18.0 Å². The van der Waals surface area contributed by atoms with E-state index >= 15 is 0 Å². The van der Waals surface area contributed by atoms with Crippen LogP contribution in [0.3, 0.4) is 0 Å². The molecule has 8 nitrogen and oxygen atoms in total. The van der Waals surface area contributed by atoms with E-state index in [4.69, 9.17) is 4.74 Å². The monoisotopic (exact) mass is 429 g/mol. The maximum absolute atomic E-state index is 12.8. The second kappa shape index (κ2) is 8.06. The lowest BCUT2D eigenvalue weighted by molar-refractivity contribution is -0.147. The SMILES string of the molecule is CC(C)(C)OC(=O)N1CCC2(CC1)CC(C(=O)N1CCC(NS(C)(=O)=O)CC1)C2. The van der Waals surface area contributed by atoms with Crippen molar-refractivity contribution in [1.82, 2.24) is 14.5 Å². The third-order valence-electron chi connectivity index (χ3n) is 6.37. The Morgan fingerprint density at radius 1 is 1.00 bits per heavy atom. The van der Waals surface area contributed by atoms with E-state index < -0.39 is 15.6 Å². The van der Waals surface area contributed by atoms with Crippen molar-refractivity contribution in [2.24, 2.45) is 11.3 Å². The number of hydrogen-bond acceptors (Lipinski definition) is 5. The Labute approximate surface area is 174 Å². The van der Waals surface area contributed by atoms with Gasteiger partial charge in [-0.15, -0.1) is 0 Å². The maximum atomic E-state index is 12.8. The molecule has 29 heavy (non-hydrogen) atoms. The molecule has 166 valence electrons. The van der Waals surface area contributed by atoms with Crippen LogP contribution in [0.2, 0.25) is 0 Å². The van der Waals surface area contributed by atoms with Crippen molar-refractivity contribution in [3.8, 4) is 0 Å². The average molecular weight is 430 g/mol. The Bertz CT molecular complexity index is 722. The van der Waals surface area contributed by atoms with E-state index in [-0.39, 0.29) is 29.4 Å². The van der Waals surface area contributed by atoms with Gasteiger partial charge in [0.25, 0.3) is 0 Å². The Kier molecular flexibility index (Phi) is 6.21. The normalized spacial score (nSPS) is 23.7. The van der Waals surface area contributed by atoms with Crippen molar-refractivity contribution in [3.63, 3.8) is 0 Å². The van der Waals surface area contributed by atoms with Crippen LogP contribution < -0.4 is 4.72 Å². The zero-order valence-corrected chi connectivity index (χ0v) is 18.9. The van der Waals surface area contributed by atoms with Crippen LogP contribution in [0.5, 0.6) is 0 Å². The van der Waals surface area contributed by atoms with Crippen LogP contribution in [0.1, 0.15) is 59.3 Å². The second-order valence-electron chi connectivity index (χ2n) is 10.1. The fourth-order valence-electron chi connectivity index (χ4n) is 4.84. The smallest absolute Gasteiger partial charge is 0.410 e. The zero-order valence-electron chi connectivity index (χ0n) is 18.1. The molecule has 2 amide bonds. The largest absolute Gasteiger partial charge is 0.444 e. The molecular weight excluding hydrogens is 394 g/mol. The molecular formula is C20H35N3O5S. The van der Waals surface area contributed by atoms with Gasteiger partial charge in [-0.05, 0) is 64.7 Å². The van der Waals surface area contributed by atoms with Crippen molar-refractivity contribution in [2.75, 3.05) is 32.4 Å². The maximum Gasteiger partial charge on any atom is 0.410 e. The van der Waals surface area contributed by atoms with Crippen LogP contribution >= 0.6 is 0 Å². The predicted molar refractivity (Wildman–Crippen MR) is 110 cm³/mol. The molecule has 2 aliphatic heterocycles. The molecule has 3 rings (SSSR count). The van der Waals surface area contributed by atoms with Gasteiger partial charge >= 0.3 is 6.09 Å². The summed E-state index contributed by atoms with van der Waals surface area (Å²) in [6, 6.07) is -0.0704. The lowest BCUT2D eigenvalue weighted by atomic mass is 9.57. The Balaban J connectivity index is 1.41. The fraction of sp³-hybridized carbons (Fsp3) is 0.900. The lowest BCUT2D eigenvalue weighted by Gasteiger charge is -2.52. The molecule has 9 heteroatoms. The summed E-state index contributed by atoms with van der Waals surface area (Å²) in [5.41, 5.74) is -0.292. The summed E-state index contributed by atoms with van der Waals surface area (Å²) in [6.07, 6.45) is 5.91. The van der Waals surface area contributed by atoms with Crippen LogP contribution in [0.15, 0.2) is 0 Å². The third-order valence-corrected chi connectivity index (χ3v) is 7.13. The Morgan fingerprint density at radius 2 is 1.55 bits per heavy atom. The van der Waals surface area contributed by atoms with Crippen molar-refractivity contribution in [2.45, 2.75) is 70.9 Å². The molecule has 0 aromatic heterocycles. The van der Waals surface area contributed by atoms with Gasteiger partial charge in [0, 0.05) is 38.1 Å². The van der Waals surface area contributed by atoms with Gasteiger partial charge in [0.1, 0.15) is 5.60 Å². The molecule has 3 fully saturated rings. The first-order valence-electron chi connectivity index (χ1n) is 10.6. The lowest BCUT2D eigenvalue weighted by Crippen LogP contribution is -2.54. The standard InChI is InChI=1S/C20H35N3O5S/c1-19(2,3)28-18(25)23-11-7-20(8-12-23)13-15(14-20)17(24)22-9-5-16(6-10-22)21-29(4,26)27/h15-16,21H,5-14H2,1-4H3. The van der Waals surface area contributed by atoms with Crippen molar-refractivity contribution < 1.29 is 22.7 Å². The van der Waals surface area contributed by atoms with Crippen LogP contribution in [-0.2, 0) is 19.6 Å². The molecule has 0 unspecified atom stereocenters. The zero-order chi connectivity index (χ0) is 21.4. The van der Waals surface area contributed by atoms with E-state index in [1.807, 2.05) is 25.7 Å². The van der Waals surface area contributed by atoms with E-state index in [2.05, 4.69) is 4.72 Å². The highest BCUT2D eigenvalue weighted by Crippen LogP contribution is 2.53. The van der Waals surface area contributed by atoms with Crippen LogP contribution in [0.25, 0.3) is 0 Å². The molecule has 0 atom stereocenters. The number of likely N-dealkylation sites (tertiary alicyclic amines) is 2. The molecule has 0 radical (unpaired) electrons. The summed E-state index contributed by atoms with van der Waals surface area (Å²) in [6.45, 7) is 8.23. The number of carbonyl (C=O) groups excluding carboxylic acids is 2. The number of ether oxygens (including phenoxy) is 1. The van der Waals surface area contributed by atoms with Crippen molar-refractivity contribution in [1.29, 1.82) is 0 Å². The molecule has 0 aromatic rings. The van der Waals surface area contributed by atoms with E-state index in [1.54, 1.807) is 4.90 Å². The molecule has 0 aromatic carbocycles. The summed E-state index contributed by atoms with van der Waals surface area (Å²) in [4.78, 5) is 28.7. The van der Waals surface area contributed by atoms with E-state index in [1.165, 1.54) is 6.26 Å². The van der Waals surface area contributed by atoms with Gasteiger partial charge in [0.2, 0.25) is 15.9 Å². The fourth-order valence-corrected chi connectivity index (χ4v) is 5.68. The Morgan fingerprint density at radius 3 is 2.03 bits per heavy atom. The van der Waals surface area contributed by atoms with Crippen LogP contribution in [0.4, 0.5) is 4.79 Å². The molecule has 1 saturated carbocycles. The number of nitrogens with one attached hydrogen (secondary N) is 1. The van der Waals surface area contributed by atoms with Crippen LogP contribution in [0, 0.1) is 11.3 Å². The predicted octanol–water partition coefficient (Wildman–Crippen LogP) is 1.95. The summed E-state index contributed by atoms with van der Waals surface area (Å²) in [7, 11) is -3.20. The van der Waals surface area contributed by atoms with E-state index in [0.717, 1.165) is 25.7 Å². The summed E-state index contributed by atoms with van der Waals surface area (Å²) < 4.78 is 30.8. The third kappa shape index (κ3) is 5.84. The summed E-state index contributed by atoms with van der Waals surface area (Å²) in [5.74, 6) is 0.283. The molecule has 2 saturated heterocycles. The highest BCUT2D eigenvalue weighted by Gasteiger charge is 2.50. The van der Waals surface area contributed by atoms with Gasteiger partial charge in [-0.2, -0.15) is 0 Å². The minimum absolute atomic E-state index is 0.0704. The number of carbonyl (C=O) groups is 2. The first kappa shape index (κ1) is 22.3. The van der Waals surface area contributed by atoms with Crippen molar-refractivity contribution in [3.05, 3.63) is 0 Å². The number of rotatable bonds is 3. The van der Waals surface area contributed by atoms with Gasteiger partial charge in [-0.25, -0.2) is 17.9 Å². The number of hydrogen-bond donors (Lipinski definition) is 1.